The van der Waals surface area contributed by atoms with Gasteiger partial charge in [-0.05, 0) is 26.0 Å². The fourth-order valence-electron chi connectivity index (χ4n) is 3.90. The SMILES string of the molecule is Cc1cc(CN2CC[C@]3(C2)C(=O)NC[C@@H]3COc2ccccn2)no1.O=C(O)C(F)(F)F.O=C(O)C(F)(F)F. The third kappa shape index (κ3) is 9.12. The molecule has 2 atom stereocenters. The number of rotatable bonds is 5. The van der Waals surface area contributed by atoms with Gasteiger partial charge in [-0.15, -0.1) is 0 Å². The largest absolute Gasteiger partial charge is 0.490 e. The summed E-state index contributed by atoms with van der Waals surface area (Å²) in [7, 11) is 0. The zero-order chi connectivity index (χ0) is 29.4. The van der Waals surface area contributed by atoms with E-state index in [0.717, 1.165) is 31.0 Å². The second-order valence-corrected chi connectivity index (χ2v) is 8.54. The highest BCUT2D eigenvalue weighted by Crippen LogP contribution is 2.42. The van der Waals surface area contributed by atoms with E-state index >= 15 is 0 Å². The quantitative estimate of drug-likeness (QED) is 0.457. The summed E-state index contributed by atoms with van der Waals surface area (Å²) < 4.78 is 74.4. The Kier molecular flexibility index (Phi) is 10.3. The van der Waals surface area contributed by atoms with Gasteiger partial charge in [0.15, 0.2) is 0 Å². The van der Waals surface area contributed by atoms with E-state index < -0.39 is 24.3 Å². The summed E-state index contributed by atoms with van der Waals surface area (Å²) in [6.45, 7) is 5.34. The highest BCUT2D eigenvalue weighted by molar-refractivity contribution is 5.86. The Bertz CT molecular complexity index is 1100. The monoisotopic (exact) mass is 570 g/mol. The van der Waals surface area contributed by atoms with Gasteiger partial charge in [-0.2, -0.15) is 26.3 Å². The van der Waals surface area contributed by atoms with Crippen molar-refractivity contribution in [2.24, 2.45) is 11.3 Å². The van der Waals surface area contributed by atoms with Gasteiger partial charge in [0, 0.05) is 43.9 Å². The number of carbonyl (C=O) groups is 3. The number of amides is 1. The van der Waals surface area contributed by atoms with E-state index in [4.69, 9.17) is 29.1 Å². The van der Waals surface area contributed by atoms with Crippen molar-refractivity contribution >= 4 is 17.8 Å². The van der Waals surface area contributed by atoms with E-state index in [9.17, 15) is 31.1 Å². The minimum atomic E-state index is -5.08. The molecule has 2 fully saturated rings. The maximum Gasteiger partial charge on any atom is 0.490 e. The third-order valence-corrected chi connectivity index (χ3v) is 5.74. The molecule has 2 aliphatic heterocycles. The van der Waals surface area contributed by atoms with Crippen molar-refractivity contribution in [1.29, 1.82) is 0 Å². The van der Waals surface area contributed by atoms with Gasteiger partial charge < -0.3 is 24.8 Å². The van der Waals surface area contributed by atoms with Gasteiger partial charge in [-0.25, -0.2) is 14.6 Å². The Morgan fingerprint density at radius 2 is 1.79 bits per heavy atom. The molecule has 0 unspecified atom stereocenters. The van der Waals surface area contributed by atoms with Gasteiger partial charge in [-0.3, -0.25) is 9.69 Å². The van der Waals surface area contributed by atoms with Crippen molar-refractivity contribution in [1.82, 2.24) is 20.4 Å². The molecule has 0 radical (unpaired) electrons. The minimum Gasteiger partial charge on any atom is -0.477 e. The molecule has 0 aliphatic carbocycles. The van der Waals surface area contributed by atoms with Crippen molar-refractivity contribution in [3.63, 3.8) is 0 Å². The molecular formula is C22H24F6N4O7. The molecule has 0 saturated carbocycles. The van der Waals surface area contributed by atoms with E-state index in [1.165, 1.54) is 0 Å². The zero-order valence-electron chi connectivity index (χ0n) is 20.3. The maximum atomic E-state index is 12.6. The highest BCUT2D eigenvalue weighted by Gasteiger charge is 2.54. The second kappa shape index (κ2) is 12.8. The molecule has 0 aromatic carbocycles. The minimum absolute atomic E-state index is 0.140. The number of aliphatic carboxylic acids is 2. The summed E-state index contributed by atoms with van der Waals surface area (Å²) >= 11 is 0. The van der Waals surface area contributed by atoms with Crippen LogP contribution in [0, 0.1) is 18.3 Å². The summed E-state index contributed by atoms with van der Waals surface area (Å²) in [5, 5.41) is 21.3. The number of pyridine rings is 1. The van der Waals surface area contributed by atoms with Crippen molar-refractivity contribution in [3.8, 4) is 5.88 Å². The van der Waals surface area contributed by atoms with E-state index in [1.54, 1.807) is 6.20 Å². The van der Waals surface area contributed by atoms with Crippen molar-refractivity contribution in [2.75, 3.05) is 26.2 Å². The van der Waals surface area contributed by atoms with Gasteiger partial charge in [-0.1, -0.05) is 11.2 Å². The molecular weight excluding hydrogens is 546 g/mol. The lowest BCUT2D eigenvalue weighted by molar-refractivity contribution is -0.193. The Labute approximate surface area is 216 Å². The number of aryl methyl sites for hydroxylation is 1. The Morgan fingerprint density at radius 1 is 1.18 bits per heavy atom. The first kappa shape index (κ1) is 31.3. The van der Waals surface area contributed by atoms with Gasteiger partial charge >= 0.3 is 24.3 Å². The predicted octanol–water partition coefficient (Wildman–Crippen LogP) is 2.66. The number of aromatic nitrogens is 2. The molecule has 2 aromatic heterocycles. The molecule has 1 spiro atoms. The number of hydrogen-bond donors (Lipinski definition) is 3. The molecule has 39 heavy (non-hydrogen) atoms. The molecule has 0 bridgehead atoms. The number of halogens is 6. The predicted molar refractivity (Wildman–Crippen MR) is 117 cm³/mol. The molecule has 3 N–H and O–H groups in total. The number of carboxylic acid groups (broad SMARTS) is 2. The topological polar surface area (TPSA) is 155 Å². The van der Waals surface area contributed by atoms with E-state index in [1.807, 2.05) is 31.2 Å². The standard InChI is InChI=1S/C18H22N4O3.2C2HF3O2/c1-13-8-15(21-25-13)10-22-7-5-18(12-22)14(9-20-17(18)23)11-24-16-4-2-3-6-19-16;2*3-2(4,5)1(6)7/h2-4,6,8,14H,5,7,9-12H2,1H3,(H,20,23);2*(H,6,7)/t14-,18-;;/m1../s1. The highest BCUT2D eigenvalue weighted by atomic mass is 19.4. The van der Waals surface area contributed by atoms with Crippen molar-refractivity contribution < 1.29 is 60.2 Å². The fourth-order valence-corrected chi connectivity index (χ4v) is 3.90. The molecule has 216 valence electrons. The van der Waals surface area contributed by atoms with E-state index in [2.05, 4.69) is 20.4 Å². The number of hydrogen-bond acceptors (Lipinski definition) is 8. The number of nitrogens with zero attached hydrogens (tertiary/aromatic N) is 3. The fraction of sp³-hybridized carbons (Fsp3) is 0.500. The lowest BCUT2D eigenvalue weighted by Gasteiger charge is -2.28. The Balaban J connectivity index is 0.000000317. The molecule has 4 rings (SSSR count). The zero-order valence-corrected chi connectivity index (χ0v) is 20.3. The summed E-state index contributed by atoms with van der Waals surface area (Å²) in [6.07, 6.45) is -7.62. The van der Waals surface area contributed by atoms with Crippen LogP contribution in [-0.2, 0) is 20.9 Å². The third-order valence-electron chi connectivity index (χ3n) is 5.74. The molecule has 2 aliphatic rings. The smallest absolute Gasteiger partial charge is 0.477 e. The summed E-state index contributed by atoms with van der Waals surface area (Å²) in [5.41, 5.74) is 0.530. The van der Waals surface area contributed by atoms with Crippen LogP contribution in [-0.4, -0.2) is 81.7 Å². The van der Waals surface area contributed by atoms with E-state index in [0.29, 0.717) is 25.6 Å². The first-order valence-corrected chi connectivity index (χ1v) is 11.1. The van der Waals surface area contributed by atoms with Gasteiger partial charge in [0.05, 0.1) is 17.7 Å². The van der Waals surface area contributed by atoms with Crippen molar-refractivity contribution in [3.05, 3.63) is 41.9 Å². The average molecular weight is 570 g/mol. The van der Waals surface area contributed by atoms with Gasteiger partial charge in [0.25, 0.3) is 0 Å². The van der Waals surface area contributed by atoms with Crippen LogP contribution in [0.3, 0.4) is 0 Å². The normalized spacial score (nSPS) is 20.9. The Morgan fingerprint density at radius 3 is 2.28 bits per heavy atom. The van der Waals surface area contributed by atoms with Crippen LogP contribution in [0.25, 0.3) is 0 Å². The Hall–Kier alpha value is -3.89. The van der Waals surface area contributed by atoms with Crippen LogP contribution in [0.2, 0.25) is 0 Å². The number of nitrogens with one attached hydrogen (secondary N) is 1. The first-order chi connectivity index (χ1) is 18.0. The van der Waals surface area contributed by atoms with Crippen LogP contribution in [0.1, 0.15) is 17.9 Å². The lowest BCUT2D eigenvalue weighted by Crippen LogP contribution is -2.40. The summed E-state index contributed by atoms with van der Waals surface area (Å²) in [4.78, 5) is 36.8. The van der Waals surface area contributed by atoms with Crippen LogP contribution < -0.4 is 10.1 Å². The molecule has 11 nitrogen and oxygen atoms in total. The number of ether oxygens (including phenoxy) is 1. The lowest BCUT2D eigenvalue weighted by atomic mass is 9.77. The molecule has 1 amide bonds. The van der Waals surface area contributed by atoms with Crippen LogP contribution in [0.5, 0.6) is 5.88 Å². The van der Waals surface area contributed by atoms with Gasteiger partial charge in [0.2, 0.25) is 11.8 Å². The van der Waals surface area contributed by atoms with Crippen LogP contribution in [0.4, 0.5) is 26.3 Å². The van der Waals surface area contributed by atoms with Crippen LogP contribution in [0.15, 0.2) is 35.0 Å². The average Bonchev–Trinajstić information content (AvgIpc) is 3.53. The summed E-state index contributed by atoms with van der Waals surface area (Å²) in [5.74, 6) is -3.82. The first-order valence-electron chi connectivity index (χ1n) is 11.1. The number of carboxylic acids is 2. The van der Waals surface area contributed by atoms with E-state index in [-0.39, 0.29) is 17.2 Å². The molecule has 4 heterocycles. The number of alkyl halides is 6. The second-order valence-electron chi connectivity index (χ2n) is 8.54. The maximum absolute atomic E-state index is 12.6. The van der Waals surface area contributed by atoms with Crippen molar-refractivity contribution in [2.45, 2.75) is 32.2 Å². The molecule has 17 heteroatoms. The van der Waals surface area contributed by atoms with Crippen LogP contribution >= 0.6 is 0 Å². The van der Waals surface area contributed by atoms with Gasteiger partial charge in [0.1, 0.15) is 5.76 Å². The molecule has 2 saturated heterocycles. The summed E-state index contributed by atoms with van der Waals surface area (Å²) in [6, 6.07) is 7.54. The number of carbonyl (C=O) groups excluding carboxylic acids is 1. The number of likely N-dealkylation sites (tertiary alicyclic amines) is 1. The molecule has 2 aromatic rings.